The molecule has 62 valence electrons. The summed E-state index contributed by atoms with van der Waals surface area (Å²) in [5, 5.41) is 0. The lowest BCUT2D eigenvalue weighted by Gasteiger charge is -2.36. The molecule has 2 rings (SSSR count). The second-order valence-electron chi connectivity index (χ2n) is 4.56. The molecule has 0 saturated heterocycles. The van der Waals surface area contributed by atoms with E-state index >= 15 is 0 Å². The maximum absolute atomic E-state index is 2.40. The minimum absolute atomic E-state index is 0.743. The van der Waals surface area contributed by atoms with Gasteiger partial charge in [-0.3, -0.25) is 0 Å². The fourth-order valence-electron chi connectivity index (χ4n) is 2.53. The molecule has 1 fully saturated rings. The molecule has 0 atom stereocenters. The quantitative estimate of drug-likeness (QED) is 0.463. The van der Waals surface area contributed by atoms with Gasteiger partial charge in [0, 0.05) is 0 Å². The Hall–Kier alpha value is -0.260. The molecule has 0 heterocycles. The minimum Gasteiger partial charge on any atom is -0.0880 e. The summed E-state index contributed by atoms with van der Waals surface area (Å²) in [7, 11) is 0. The zero-order chi connectivity index (χ0) is 7.73. The van der Waals surface area contributed by atoms with Crippen LogP contribution in [0.25, 0.3) is 0 Å². The van der Waals surface area contributed by atoms with E-state index in [9.17, 15) is 0 Å². The lowest BCUT2D eigenvalue weighted by Crippen LogP contribution is -2.23. The van der Waals surface area contributed by atoms with Crippen LogP contribution in [0.3, 0.4) is 0 Å². The third kappa shape index (κ3) is 1.36. The molecule has 0 aromatic rings. The molecule has 0 radical (unpaired) electrons. The Morgan fingerprint density at radius 2 is 1.64 bits per heavy atom. The largest absolute Gasteiger partial charge is 0.0880 e. The van der Waals surface area contributed by atoms with Crippen molar-refractivity contribution < 1.29 is 0 Å². The average molecular weight is 150 g/mol. The molecule has 0 bridgehead atoms. The van der Waals surface area contributed by atoms with Crippen LogP contribution in [0.4, 0.5) is 0 Å². The summed E-state index contributed by atoms with van der Waals surface area (Å²) in [6.45, 7) is 2.40. The summed E-state index contributed by atoms with van der Waals surface area (Å²) in [6.07, 6.45) is 13.4. The summed E-state index contributed by atoms with van der Waals surface area (Å²) in [4.78, 5) is 0. The molecule has 1 spiro atoms. The summed E-state index contributed by atoms with van der Waals surface area (Å²) in [6, 6.07) is 0. The van der Waals surface area contributed by atoms with E-state index in [4.69, 9.17) is 0 Å². The van der Waals surface area contributed by atoms with Crippen LogP contribution in [0.2, 0.25) is 0 Å². The van der Waals surface area contributed by atoms with Crippen LogP contribution < -0.4 is 0 Å². The summed E-state index contributed by atoms with van der Waals surface area (Å²) in [5.74, 6) is 1.00. The lowest BCUT2D eigenvalue weighted by molar-refractivity contribution is 0.170. The van der Waals surface area contributed by atoms with Crippen molar-refractivity contribution in [2.75, 3.05) is 0 Å². The van der Waals surface area contributed by atoms with Crippen LogP contribution in [0.5, 0.6) is 0 Å². The number of allylic oxidation sites excluding steroid dienone is 2. The Bertz CT molecular complexity index is 149. The second-order valence-corrected chi connectivity index (χ2v) is 4.56. The van der Waals surface area contributed by atoms with Crippen LogP contribution in [0.1, 0.15) is 45.4 Å². The SMILES string of the molecule is CC1CCC2(CC=CC2)CC1. The van der Waals surface area contributed by atoms with Crippen molar-refractivity contribution >= 4 is 0 Å². The Kier molecular flexibility index (Phi) is 1.78. The van der Waals surface area contributed by atoms with Gasteiger partial charge in [0.15, 0.2) is 0 Å². The van der Waals surface area contributed by atoms with Gasteiger partial charge in [0.25, 0.3) is 0 Å². The molecule has 0 heteroatoms. The molecule has 0 N–H and O–H groups in total. The smallest absolute Gasteiger partial charge is 0.0228 e. The molecule has 0 nitrogen and oxygen atoms in total. The van der Waals surface area contributed by atoms with Gasteiger partial charge in [-0.1, -0.05) is 31.9 Å². The highest BCUT2D eigenvalue weighted by molar-refractivity contribution is 5.04. The van der Waals surface area contributed by atoms with Crippen LogP contribution >= 0.6 is 0 Å². The first-order chi connectivity index (χ1) is 5.31. The summed E-state index contributed by atoms with van der Waals surface area (Å²) < 4.78 is 0. The zero-order valence-electron chi connectivity index (χ0n) is 7.47. The van der Waals surface area contributed by atoms with E-state index in [2.05, 4.69) is 19.1 Å². The fourth-order valence-corrected chi connectivity index (χ4v) is 2.53. The van der Waals surface area contributed by atoms with Crippen LogP contribution in [0.15, 0.2) is 12.2 Å². The summed E-state index contributed by atoms with van der Waals surface area (Å²) >= 11 is 0. The summed E-state index contributed by atoms with van der Waals surface area (Å²) in [5.41, 5.74) is 0.743. The maximum atomic E-state index is 2.40. The molecule has 11 heavy (non-hydrogen) atoms. The normalized spacial score (nSPS) is 29.9. The molecular formula is C11H18. The van der Waals surface area contributed by atoms with Gasteiger partial charge in [-0.05, 0) is 37.0 Å². The Morgan fingerprint density at radius 1 is 1.09 bits per heavy atom. The Morgan fingerprint density at radius 3 is 2.18 bits per heavy atom. The highest BCUT2D eigenvalue weighted by Crippen LogP contribution is 2.47. The predicted molar refractivity (Wildman–Crippen MR) is 48.4 cm³/mol. The van der Waals surface area contributed by atoms with E-state index in [1.807, 2.05) is 0 Å². The van der Waals surface area contributed by atoms with E-state index in [0.29, 0.717) is 0 Å². The molecule has 1 saturated carbocycles. The first-order valence-corrected chi connectivity index (χ1v) is 4.96. The van der Waals surface area contributed by atoms with E-state index in [1.54, 1.807) is 0 Å². The molecular weight excluding hydrogens is 132 g/mol. The van der Waals surface area contributed by atoms with Crippen molar-refractivity contribution in [1.29, 1.82) is 0 Å². The van der Waals surface area contributed by atoms with Crippen LogP contribution in [0, 0.1) is 11.3 Å². The highest BCUT2D eigenvalue weighted by atomic mass is 14.4. The molecule has 2 aliphatic rings. The van der Waals surface area contributed by atoms with Crippen molar-refractivity contribution in [3.63, 3.8) is 0 Å². The first-order valence-electron chi connectivity index (χ1n) is 4.96. The number of rotatable bonds is 0. The average Bonchev–Trinajstić information content (AvgIpc) is 2.45. The van der Waals surface area contributed by atoms with Gasteiger partial charge in [-0.15, -0.1) is 0 Å². The van der Waals surface area contributed by atoms with E-state index in [0.717, 1.165) is 11.3 Å². The topological polar surface area (TPSA) is 0 Å². The molecule has 2 aliphatic carbocycles. The second kappa shape index (κ2) is 2.66. The standard InChI is InChI=1S/C11H18/c1-10-4-8-11(9-5-10)6-2-3-7-11/h2-3,10H,4-9H2,1H3. The van der Waals surface area contributed by atoms with Crippen molar-refractivity contribution in [2.45, 2.75) is 45.4 Å². The lowest BCUT2D eigenvalue weighted by atomic mass is 9.69. The molecule has 0 unspecified atom stereocenters. The van der Waals surface area contributed by atoms with E-state index in [1.165, 1.54) is 38.5 Å². The van der Waals surface area contributed by atoms with Gasteiger partial charge < -0.3 is 0 Å². The molecule has 0 aromatic carbocycles. The van der Waals surface area contributed by atoms with Crippen LogP contribution in [-0.4, -0.2) is 0 Å². The van der Waals surface area contributed by atoms with Gasteiger partial charge in [-0.25, -0.2) is 0 Å². The third-order valence-electron chi connectivity index (χ3n) is 3.60. The van der Waals surface area contributed by atoms with Gasteiger partial charge in [-0.2, -0.15) is 0 Å². The first kappa shape index (κ1) is 7.39. The number of hydrogen-bond acceptors (Lipinski definition) is 0. The maximum Gasteiger partial charge on any atom is -0.0228 e. The van der Waals surface area contributed by atoms with Crippen molar-refractivity contribution in [2.24, 2.45) is 11.3 Å². The van der Waals surface area contributed by atoms with Crippen LogP contribution in [-0.2, 0) is 0 Å². The van der Waals surface area contributed by atoms with Gasteiger partial charge in [0.05, 0.1) is 0 Å². The van der Waals surface area contributed by atoms with E-state index < -0.39 is 0 Å². The molecule has 0 amide bonds. The van der Waals surface area contributed by atoms with Gasteiger partial charge in [0.1, 0.15) is 0 Å². The Balaban J connectivity index is 1.96. The highest BCUT2D eigenvalue weighted by Gasteiger charge is 2.33. The molecule has 0 aromatic heterocycles. The van der Waals surface area contributed by atoms with Gasteiger partial charge in [0.2, 0.25) is 0 Å². The fraction of sp³-hybridized carbons (Fsp3) is 0.818. The monoisotopic (exact) mass is 150 g/mol. The zero-order valence-corrected chi connectivity index (χ0v) is 7.47. The van der Waals surface area contributed by atoms with Crippen molar-refractivity contribution in [3.05, 3.63) is 12.2 Å². The predicted octanol–water partition coefficient (Wildman–Crippen LogP) is 3.53. The minimum atomic E-state index is 0.743. The third-order valence-corrected chi connectivity index (χ3v) is 3.60. The Labute approximate surface area is 69.7 Å². The van der Waals surface area contributed by atoms with E-state index in [-0.39, 0.29) is 0 Å². The van der Waals surface area contributed by atoms with Crippen molar-refractivity contribution in [3.8, 4) is 0 Å². The van der Waals surface area contributed by atoms with Crippen molar-refractivity contribution in [1.82, 2.24) is 0 Å². The number of hydrogen-bond donors (Lipinski definition) is 0. The molecule has 0 aliphatic heterocycles. The van der Waals surface area contributed by atoms with Gasteiger partial charge >= 0.3 is 0 Å².